The number of nitrogens with zero attached hydrogens (tertiary/aromatic N) is 3. The molecule has 0 aliphatic heterocycles. The van der Waals surface area contributed by atoms with Gasteiger partial charge in [0.2, 0.25) is 0 Å². The molecule has 0 spiro atoms. The van der Waals surface area contributed by atoms with Gasteiger partial charge < -0.3 is 9.73 Å². The average Bonchev–Trinajstić information content (AvgIpc) is 3.36. The van der Waals surface area contributed by atoms with E-state index in [1.54, 1.807) is 22.9 Å². The molecule has 0 atom stereocenters. The molecule has 0 aliphatic rings. The fourth-order valence-electron chi connectivity index (χ4n) is 2.51. The number of benzene rings is 1. The number of amides is 1. The van der Waals surface area contributed by atoms with Crippen LogP contribution in [0.2, 0.25) is 5.02 Å². The summed E-state index contributed by atoms with van der Waals surface area (Å²) in [4.78, 5) is 21.4. The van der Waals surface area contributed by atoms with Crippen LogP contribution in [0.25, 0.3) is 16.4 Å². The van der Waals surface area contributed by atoms with Crippen molar-refractivity contribution in [3.63, 3.8) is 0 Å². The minimum absolute atomic E-state index is 0.202. The molecule has 1 amide bonds. The summed E-state index contributed by atoms with van der Waals surface area (Å²) in [5.74, 6) is 1.06. The molecule has 0 fully saturated rings. The summed E-state index contributed by atoms with van der Waals surface area (Å²) in [6.45, 7) is 1.85. The molecule has 3 heterocycles. The maximum atomic E-state index is 12.4. The molecule has 0 unspecified atom stereocenters. The monoisotopic (exact) mass is 462 g/mol. The predicted octanol–water partition coefficient (Wildman–Crippen LogP) is 5.57. The highest BCUT2D eigenvalue weighted by molar-refractivity contribution is 9.10. The zero-order valence-electron chi connectivity index (χ0n) is 13.9. The summed E-state index contributed by atoms with van der Waals surface area (Å²) in [6, 6.07) is 10.7. The van der Waals surface area contributed by atoms with Crippen molar-refractivity contribution in [3.8, 4) is 16.4 Å². The van der Waals surface area contributed by atoms with Crippen LogP contribution in [0.3, 0.4) is 0 Å². The van der Waals surface area contributed by atoms with Crippen molar-refractivity contribution in [2.75, 3.05) is 5.32 Å². The highest BCUT2D eigenvalue weighted by Gasteiger charge is 2.17. The fourth-order valence-corrected chi connectivity index (χ4v) is 3.83. The number of aromatic nitrogens is 3. The molecule has 0 bridgehead atoms. The highest BCUT2D eigenvalue weighted by atomic mass is 79.9. The van der Waals surface area contributed by atoms with Gasteiger partial charge in [0.15, 0.2) is 15.6 Å². The van der Waals surface area contributed by atoms with Crippen LogP contribution >= 0.6 is 38.9 Å². The number of hydrogen-bond acceptors (Lipinski definition) is 5. The minimum Gasteiger partial charge on any atom is -0.444 e. The number of halogens is 2. The molecule has 1 N–H and O–H groups in total. The van der Waals surface area contributed by atoms with Crippen LogP contribution in [-0.2, 0) is 0 Å². The number of hydrogen-bond donors (Lipinski definition) is 1. The van der Waals surface area contributed by atoms with Crippen molar-refractivity contribution in [3.05, 3.63) is 69.3 Å². The number of thiazole rings is 1. The first-order chi connectivity index (χ1) is 13.0. The maximum Gasteiger partial charge on any atom is 0.292 e. The van der Waals surface area contributed by atoms with E-state index in [2.05, 4.69) is 31.2 Å². The number of carbonyl (C=O) groups is 1. The molecule has 9 heteroatoms. The Kier molecular flexibility index (Phi) is 4.86. The molecule has 3 aromatic heterocycles. The normalized spacial score (nSPS) is 10.9. The first-order valence-corrected chi connectivity index (χ1v) is 9.89. The first-order valence-electron chi connectivity index (χ1n) is 7.84. The Balaban J connectivity index is 1.64. The van der Waals surface area contributed by atoms with Gasteiger partial charge in [0.1, 0.15) is 11.6 Å². The molecular formula is C18H12BrClN4O2S. The van der Waals surface area contributed by atoms with Crippen LogP contribution in [0, 0.1) is 6.92 Å². The van der Waals surface area contributed by atoms with Crippen LogP contribution in [0.4, 0.5) is 5.82 Å². The van der Waals surface area contributed by atoms with E-state index in [-0.39, 0.29) is 11.7 Å². The predicted molar refractivity (Wildman–Crippen MR) is 109 cm³/mol. The Morgan fingerprint density at radius 3 is 2.74 bits per heavy atom. The number of carbonyl (C=O) groups excluding carboxylic acids is 1. The molecule has 0 aliphatic carbocycles. The SMILES string of the molecule is Cc1ncc(NC(=O)c2ccc(Br)o2)n1-c1nc(-c2ccc(Cl)cc2)cs1. The summed E-state index contributed by atoms with van der Waals surface area (Å²) >= 11 is 10.6. The van der Waals surface area contributed by atoms with Crippen molar-refractivity contribution < 1.29 is 9.21 Å². The van der Waals surface area contributed by atoms with E-state index in [0.717, 1.165) is 11.3 Å². The molecule has 4 aromatic rings. The van der Waals surface area contributed by atoms with Crippen LogP contribution in [0.15, 0.2) is 57.1 Å². The van der Waals surface area contributed by atoms with Crippen molar-refractivity contribution in [1.29, 1.82) is 0 Å². The summed E-state index contributed by atoms with van der Waals surface area (Å²) in [7, 11) is 0. The molecule has 0 saturated heterocycles. The summed E-state index contributed by atoms with van der Waals surface area (Å²) in [6.07, 6.45) is 1.59. The lowest BCUT2D eigenvalue weighted by molar-refractivity contribution is 0.0995. The summed E-state index contributed by atoms with van der Waals surface area (Å²) in [5.41, 5.74) is 1.79. The third kappa shape index (κ3) is 3.69. The molecule has 0 saturated carbocycles. The van der Waals surface area contributed by atoms with Gasteiger partial charge in [-0.3, -0.25) is 9.36 Å². The quantitative estimate of drug-likeness (QED) is 0.430. The van der Waals surface area contributed by atoms with Gasteiger partial charge in [0, 0.05) is 16.0 Å². The second-order valence-electron chi connectivity index (χ2n) is 5.61. The largest absolute Gasteiger partial charge is 0.444 e. The van der Waals surface area contributed by atoms with Crippen molar-refractivity contribution in [2.24, 2.45) is 0 Å². The number of imidazole rings is 1. The Hall–Kier alpha value is -2.42. The minimum atomic E-state index is -0.365. The second-order valence-corrected chi connectivity index (χ2v) is 7.66. The Morgan fingerprint density at radius 1 is 1.26 bits per heavy atom. The standard InChI is InChI=1S/C18H12BrClN4O2S/c1-10-21-8-16(23-17(25)14-6-7-15(19)26-14)24(10)18-22-13(9-27-18)11-2-4-12(20)5-3-11/h2-9H,1H3,(H,23,25). The molecule has 27 heavy (non-hydrogen) atoms. The third-order valence-electron chi connectivity index (χ3n) is 3.80. The van der Waals surface area contributed by atoms with Crippen LogP contribution in [0.1, 0.15) is 16.4 Å². The van der Waals surface area contributed by atoms with Crippen LogP contribution in [0.5, 0.6) is 0 Å². The summed E-state index contributed by atoms with van der Waals surface area (Å²) in [5, 5.41) is 6.14. The van der Waals surface area contributed by atoms with Gasteiger partial charge >= 0.3 is 0 Å². The number of rotatable bonds is 4. The molecule has 6 nitrogen and oxygen atoms in total. The molecule has 1 aromatic carbocycles. The Bertz CT molecular complexity index is 1120. The van der Waals surface area contributed by atoms with E-state index < -0.39 is 0 Å². The van der Waals surface area contributed by atoms with Crippen LogP contribution < -0.4 is 5.32 Å². The van der Waals surface area contributed by atoms with E-state index in [1.807, 2.05) is 36.6 Å². The van der Waals surface area contributed by atoms with Gasteiger partial charge in [0.25, 0.3) is 5.91 Å². The number of aryl methyl sites for hydroxylation is 1. The van der Waals surface area contributed by atoms with E-state index in [4.69, 9.17) is 16.0 Å². The number of furan rings is 1. The number of nitrogens with one attached hydrogen (secondary N) is 1. The van der Waals surface area contributed by atoms with E-state index in [1.165, 1.54) is 11.3 Å². The highest BCUT2D eigenvalue weighted by Crippen LogP contribution is 2.28. The molecule has 0 radical (unpaired) electrons. The van der Waals surface area contributed by atoms with Crippen molar-refractivity contribution in [1.82, 2.24) is 14.5 Å². The average molecular weight is 464 g/mol. The molecule has 4 rings (SSSR count). The van der Waals surface area contributed by atoms with Crippen molar-refractivity contribution in [2.45, 2.75) is 6.92 Å². The van der Waals surface area contributed by atoms with Crippen molar-refractivity contribution >= 4 is 50.6 Å². The maximum absolute atomic E-state index is 12.4. The first kappa shape index (κ1) is 18.0. The van der Waals surface area contributed by atoms with Gasteiger partial charge in [0.05, 0.1) is 11.9 Å². The van der Waals surface area contributed by atoms with E-state index in [0.29, 0.717) is 26.5 Å². The molecule has 136 valence electrons. The smallest absolute Gasteiger partial charge is 0.292 e. The lowest BCUT2D eigenvalue weighted by Crippen LogP contribution is -2.14. The lowest BCUT2D eigenvalue weighted by atomic mass is 10.2. The van der Waals surface area contributed by atoms with Crippen LogP contribution in [-0.4, -0.2) is 20.4 Å². The zero-order valence-corrected chi connectivity index (χ0v) is 17.1. The summed E-state index contributed by atoms with van der Waals surface area (Å²) < 4.78 is 7.57. The van der Waals surface area contributed by atoms with Gasteiger partial charge in [-0.15, -0.1) is 11.3 Å². The van der Waals surface area contributed by atoms with E-state index >= 15 is 0 Å². The lowest BCUT2D eigenvalue weighted by Gasteiger charge is -2.07. The van der Waals surface area contributed by atoms with Gasteiger partial charge in [-0.25, -0.2) is 9.97 Å². The topological polar surface area (TPSA) is 73.0 Å². The van der Waals surface area contributed by atoms with Gasteiger partial charge in [-0.05, 0) is 47.1 Å². The second kappa shape index (κ2) is 7.30. The zero-order chi connectivity index (χ0) is 19.0. The molecular weight excluding hydrogens is 452 g/mol. The Labute approximate surface area is 172 Å². The third-order valence-corrected chi connectivity index (χ3v) is 5.30. The number of anilines is 1. The van der Waals surface area contributed by atoms with Gasteiger partial charge in [-0.1, -0.05) is 23.7 Å². The Morgan fingerprint density at radius 2 is 2.04 bits per heavy atom. The fraction of sp³-hybridized carbons (Fsp3) is 0.0556. The van der Waals surface area contributed by atoms with E-state index in [9.17, 15) is 4.79 Å². The van der Waals surface area contributed by atoms with Gasteiger partial charge in [-0.2, -0.15) is 0 Å².